The second kappa shape index (κ2) is 9.00. The van der Waals surface area contributed by atoms with Crippen LogP contribution in [0, 0.1) is 0 Å². The lowest BCUT2D eigenvalue weighted by Crippen LogP contribution is -2.30. The van der Waals surface area contributed by atoms with Crippen LogP contribution in [0.15, 0.2) is 30.3 Å². The van der Waals surface area contributed by atoms with Gasteiger partial charge in [-0.1, -0.05) is 18.2 Å². The molecule has 0 saturated carbocycles. The smallest absolute Gasteiger partial charge is 0.257 e. The van der Waals surface area contributed by atoms with E-state index in [4.69, 9.17) is 10.5 Å². The van der Waals surface area contributed by atoms with Gasteiger partial charge in [0.1, 0.15) is 5.75 Å². The van der Waals surface area contributed by atoms with Crippen molar-refractivity contribution in [1.29, 1.82) is 0 Å². The van der Waals surface area contributed by atoms with E-state index in [0.717, 1.165) is 6.42 Å². The molecule has 0 spiro atoms. The minimum atomic E-state index is -0.118. The monoisotopic (exact) mass is 244 g/mol. The van der Waals surface area contributed by atoms with Gasteiger partial charge in [-0.2, -0.15) is 0 Å². The van der Waals surface area contributed by atoms with Gasteiger partial charge in [0.2, 0.25) is 0 Å². The van der Waals surface area contributed by atoms with Crippen molar-refractivity contribution in [2.45, 2.75) is 6.42 Å². The van der Waals surface area contributed by atoms with Gasteiger partial charge in [-0.15, -0.1) is 12.4 Å². The molecule has 16 heavy (non-hydrogen) atoms. The van der Waals surface area contributed by atoms with Crippen molar-refractivity contribution in [3.05, 3.63) is 30.3 Å². The van der Waals surface area contributed by atoms with Crippen LogP contribution >= 0.6 is 12.4 Å². The van der Waals surface area contributed by atoms with Gasteiger partial charge < -0.3 is 15.8 Å². The van der Waals surface area contributed by atoms with E-state index in [-0.39, 0.29) is 24.9 Å². The Balaban J connectivity index is 0.00000225. The van der Waals surface area contributed by atoms with Crippen LogP contribution in [-0.4, -0.2) is 25.6 Å². The maximum atomic E-state index is 11.2. The average molecular weight is 245 g/mol. The SMILES string of the molecule is Cl.NCCCNC(=O)COc1ccccc1. The van der Waals surface area contributed by atoms with Crippen LogP contribution in [0.1, 0.15) is 6.42 Å². The third kappa shape index (κ3) is 6.27. The number of nitrogens with one attached hydrogen (secondary N) is 1. The van der Waals surface area contributed by atoms with Gasteiger partial charge in [-0.25, -0.2) is 0 Å². The van der Waals surface area contributed by atoms with Crippen molar-refractivity contribution in [3.63, 3.8) is 0 Å². The molecule has 0 unspecified atom stereocenters. The minimum Gasteiger partial charge on any atom is -0.484 e. The van der Waals surface area contributed by atoms with Gasteiger partial charge in [-0.05, 0) is 25.1 Å². The van der Waals surface area contributed by atoms with Crippen molar-refractivity contribution >= 4 is 18.3 Å². The van der Waals surface area contributed by atoms with Gasteiger partial charge in [0, 0.05) is 6.54 Å². The molecule has 0 heterocycles. The predicted molar refractivity (Wildman–Crippen MR) is 65.9 cm³/mol. The molecular weight excluding hydrogens is 228 g/mol. The zero-order valence-corrected chi connectivity index (χ0v) is 9.83. The van der Waals surface area contributed by atoms with E-state index in [0.29, 0.717) is 18.8 Å². The number of nitrogens with two attached hydrogens (primary N) is 1. The van der Waals surface area contributed by atoms with Gasteiger partial charge in [0.15, 0.2) is 6.61 Å². The van der Waals surface area contributed by atoms with Crippen LogP contribution in [0.4, 0.5) is 0 Å². The quantitative estimate of drug-likeness (QED) is 0.733. The topological polar surface area (TPSA) is 64.3 Å². The summed E-state index contributed by atoms with van der Waals surface area (Å²) in [6.45, 7) is 1.24. The summed E-state index contributed by atoms with van der Waals surface area (Å²) in [5.74, 6) is 0.582. The highest BCUT2D eigenvalue weighted by Gasteiger charge is 2.00. The molecule has 90 valence electrons. The van der Waals surface area contributed by atoms with E-state index in [1.807, 2.05) is 30.3 Å². The van der Waals surface area contributed by atoms with Crippen LogP contribution in [0.3, 0.4) is 0 Å². The molecule has 0 bridgehead atoms. The fraction of sp³-hybridized carbons (Fsp3) is 0.364. The van der Waals surface area contributed by atoms with Crippen molar-refractivity contribution in [2.75, 3.05) is 19.7 Å². The highest BCUT2D eigenvalue weighted by Crippen LogP contribution is 2.07. The van der Waals surface area contributed by atoms with E-state index in [2.05, 4.69) is 5.32 Å². The van der Waals surface area contributed by atoms with Crippen LogP contribution in [0.2, 0.25) is 0 Å². The summed E-state index contributed by atoms with van der Waals surface area (Å²) < 4.78 is 5.26. The zero-order chi connectivity index (χ0) is 10.9. The number of halogens is 1. The lowest BCUT2D eigenvalue weighted by Gasteiger charge is -2.06. The Bertz CT molecular complexity index is 293. The summed E-state index contributed by atoms with van der Waals surface area (Å²) in [4.78, 5) is 11.2. The number of carbonyl (C=O) groups is 1. The van der Waals surface area contributed by atoms with Crippen molar-refractivity contribution < 1.29 is 9.53 Å². The van der Waals surface area contributed by atoms with Gasteiger partial charge in [0.25, 0.3) is 5.91 Å². The first-order valence-electron chi connectivity index (χ1n) is 4.97. The third-order valence-electron chi connectivity index (χ3n) is 1.82. The minimum absolute atomic E-state index is 0. The van der Waals surface area contributed by atoms with E-state index in [1.54, 1.807) is 0 Å². The predicted octanol–water partition coefficient (Wildman–Crippen LogP) is 0.952. The first-order valence-corrected chi connectivity index (χ1v) is 4.97. The molecule has 0 aliphatic heterocycles. The first-order chi connectivity index (χ1) is 7.33. The van der Waals surface area contributed by atoms with E-state index >= 15 is 0 Å². The Morgan fingerprint density at radius 1 is 1.31 bits per heavy atom. The number of hydrogen-bond donors (Lipinski definition) is 2. The van der Waals surface area contributed by atoms with Crippen molar-refractivity contribution in [1.82, 2.24) is 5.32 Å². The largest absolute Gasteiger partial charge is 0.484 e. The van der Waals surface area contributed by atoms with Crippen LogP contribution in [0.5, 0.6) is 5.75 Å². The van der Waals surface area contributed by atoms with Crippen LogP contribution in [0.25, 0.3) is 0 Å². The molecule has 1 aromatic carbocycles. The maximum Gasteiger partial charge on any atom is 0.257 e. The molecular formula is C11H17ClN2O2. The number of rotatable bonds is 6. The molecule has 0 aliphatic carbocycles. The zero-order valence-electron chi connectivity index (χ0n) is 9.02. The van der Waals surface area contributed by atoms with E-state index in [1.165, 1.54) is 0 Å². The fourth-order valence-electron chi connectivity index (χ4n) is 1.05. The Hall–Kier alpha value is -1.26. The normalized spacial score (nSPS) is 9.06. The molecule has 0 atom stereocenters. The highest BCUT2D eigenvalue weighted by molar-refractivity contribution is 5.85. The van der Waals surface area contributed by atoms with Gasteiger partial charge >= 0.3 is 0 Å². The number of para-hydroxylation sites is 1. The Morgan fingerprint density at radius 2 is 2.00 bits per heavy atom. The lowest BCUT2D eigenvalue weighted by atomic mass is 10.3. The Morgan fingerprint density at radius 3 is 2.62 bits per heavy atom. The molecule has 1 rings (SSSR count). The summed E-state index contributed by atoms with van der Waals surface area (Å²) in [5.41, 5.74) is 5.30. The van der Waals surface area contributed by atoms with Crippen molar-refractivity contribution in [3.8, 4) is 5.75 Å². The summed E-state index contributed by atoms with van der Waals surface area (Å²) >= 11 is 0. The standard InChI is InChI=1S/C11H16N2O2.ClH/c12-7-4-8-13-11(14)9-15-10-5-2-1-3-6-10;/h1-3,5-6H,4,7-9,12H2,(H,13,14);1H. The van der Waals surface area contributed by atoms with Gasteiger partial charge in [0.05, 0.1) is 0 Å². The first kappa shape index (κ1) is 14.7. The number of carbonyl (C=O) groups excluding carboxylic acids is 1. The Kier molecular flexibility index (Phi) is 8.29. The van der Waals surface area contributed by atoms with E-state index in [9.17, 15) is 4.79 Å². The Labute approximate surface area is 102 Å². The molecule has 4 nitrogen and oxygen atoms in total. The summed E-state index contributed by atoms with van der Waals surface area (Å²) in [6.07, 6.45) is 0.789. The molecule has 1 amide bonds. The van der Waals surface area contributed by atoms with E-state index < -0.39 is 0 Å². The molecule has 0 fully saturated rings. The second-order valence-electron chi connectivity index (χ2n) is 3.09. The van der Waals surface area contributed by atoms with Crippen LogP contribution in [-0.2, 0) is 4.79 Å². The molecule has 0 saturated heterocycles. The fourth-order valence-corrected chi connectivity index (χ4v) is 1.05. The van der Waals surface area contributed by atoms with Crippen molar-refractivity contribution in [2.24, 2.45) is 5.73 Å². The molecule has 3 N–H and O–H groups in total. The molecule has 0 aromatic heterocycles. The molecule has 1 aromatic rings. The maximum absolute atomic E-state index is 11.2. The average Bonchev–Trinajstić information content (AvgIpc) is 2.28. The number of benzene rings is 1. The summed E-state index contributed by atoms with van der Waals surface area (Å²) in [7, 11) is 0. The molecule has 0 radical (unpaired) electrons. The number of amides is 1. The highest BCUT2D eigenvalue weighted by atomic mass is 35.5. The number of hydrogen-bond acceptors (Lipinski definition) is 3. The van der Waals surface area contributed by atoms with Crippen LogP contribution < -0.4 is 15.8 Å². The number of ether oxygens (including phenoxy) is 1. The summed E-state index contributed by atoms with van der Waals surface area (Å²) in [5, 5.41) is 2.71. The lowest BCUT2D eigenvalue weighted by molar-refractivity contribution is -0.123. The third-order valence-corrected chi connectivity index (χ3v) is 1.82. The molecule has 0 aliphatic rings. The summed E-state index contributed by atoms with van der Waals surface area (Å²) in [6, 6.07) is 9.25. The second-order valence-corrected chi connectivity index (χ2v) is 3.09. The van der Waals surface area contributed by atoms with Gasteiger partial charge in [-0.3, -0.25) is 4.79 Å². The molecule has 5 heteroatoms.